The minimum absolute atomic E-state index is 0.0492. The molecule has 6 nitrogen and oxygen atoms in total. The molecule has 0 radical (unpaired) electrons. The molecule has 0 fully saturated rings. The fraction of sp³-hybridized carbons (Fsp3) is 1.00. The molecule has 0 spiro atoms. The zero-order chi connectivity index (χ0) is 9.61. The fourth-order valence-electron chi connectivity index (χ4n) is 0.601. The summed E-state index contributed by atoms with van der Waals surface area (Å²) in [7, 11) is -3.56. The summed E-state index contributed by atoms with van der Waals surface area (Å²) in [6, 6.07) is 0. The predicted octanol–water partition coefficient (Wildman–Crippen LogP) is -1.84. The second-order valence-electron chi connectivity index (χ2n) is 2.15. The topological polar surface area (TPSA) is 87.1 Å². The summed E-state index contributed by atoms with van der Waals surface area (Å²) in [6.07, 6.45) is 0.898. The van der Waals surface area contributed by atoms with E-state index < -0.39 is 10.1 Å². The maximum Gasteiger partial charge on any atom is 0.280 e. The number of nitrogens with zero attached hydrogens (tertiary/aromatic N) is 1. The zero-order valence-corrected chi connectivity index (χ0v) is 7.62. The minimum Gasteiger partial charge on any atom is -0.395 e. The molecule has 0 aromatic heterocycles. The van der Waals surface area contributed by atoms with Crippen molar-refractivity contribution in [3.8, 4) is 0 Å². The van der Waals surface area contributed by atoms with Crippen molar-refractivity contribution in [3.05, 3.63) is 0 Å². The van der Waals surface area contributed by atoms with Crippen LogP contribution in [0, 0.1) is 0 Å². The highest BCUT2D eigenvalue weighted by molar-refractivity contribution is 7.85. The van der Waals surface area contributed by atoms with Crippen LogP contribution in [0.2, 0.25) is 0 Å². The van der Waals surface area contributed by atoms with Crippen LogP contribution in [-0.4, -0.2) is 56.3 Å². The third-order valence-electron chi connectivity index (χ3n) is 0.940. The van der Waals surface area contributed by atoms with E-state index >= 15 is 0 Å². The van der Waals surface area contributed by atoms with Gasteiger partial charge in [0.25, 0.3) is 10.1 Å². The largest absolute Gasteiger partial charge is 0.395 e. The van der Waals surface area contributed by atoms with Gasteiger partial charge in [0.05, 0.1) is 19.5 Å². The van der Waals surface area contributed by atoms with Gasteiger partial charge in [0, 0.05) is 13.1 Å². The zero-order valence-electron chi connectivity index (χ0n) is 6.80. The summed E-state index contributed by atoms with van der Waals surface area (Å²) >= 11 is 0. The van der Waals surface area contributed by atoms with Crippen LogP contribution in [0.5, 0.6) is 0 Å². The minimum atomic E-state index is -3.56. The highest BCUT2D eigenvalue weighted by Crippen LogP contribution is 1.94. The lowest BCUT2D eigenvalue weighted by Gasteiger charge is -2.16. The van der Waals surface area contributed by atoms with Gasteiger partial charge < -0.3 is 10.2 Å². The van der Waals surface area contributed by atoms with E-state index in [-0.39, 0.29) is 26.3 Å². The third kappa shape index (κ3) is 6.50. The Kier molecular flexibility index (Phi) is 5.34. The van der Waals surface area contributed by atoms with E-state index in [0.717, 1.165) is 11.3 Å². The number of hydrogen-bond donors (Lipinski definition) is 2. The van der Waals surface area contributed by atoms with Crippen molar-refractivity contribution in [2.75, 3.05) is 32.6 Å². The Hall–Kier alpha value is -0.210. The Labute approximate surface area is 71.4 Å². The Bertz CT molecular complexity index is 196. The van der Waals surface area contributed by atoms with Crippen molar-refractivity contribution in [3.63, 3.8) is 0 Å². The molecular weight excluding hydrogens is 186 g/mol. The highest BCUT2D eigenvalue weighted by atomic mass is 32.2. The SMILES string of the molecule is CS(=O)(=O)ON(CCO)CCO. The van der Waals surface area contributed by atoms with Gasteiger partial charge in [-0.25, -0.2) is 0 Å². The van der Waals surface area contributed by atoms with Crippen molar-refractivity contribution in [1.82, 2.24) is 5.06 Å². The third-order valence-corrected chi connectivity index (χ3v) is 1.42. The standard InChI is InChI=1S/C5H13NO5S/c1-12(9,10)11-6(2-4-7)3-5-8/h7-8H,2-5H2,1H3. The first-order chi connectivity index (χ1) is 5.49. The normalized spacial score (nSPS) is 12.3. The molecule has 0 aliphatic heterocycles. The molecule has 0 unspecified atom stereocenters. The summed E-state index contributed by atoms with van der Waals surface area (Å²) in [5.41, 5.74) is 0. The van der Waals surface area contributed by atoms with E-state index in [4.69, 9.17) is 10.2 Å². The van der Waals surface area contributed by atoms with Gasteiger partial charge >= 0.3 is 0 Å². The Balaban J connectivity index is 3.95. The number of aliphatic hydroxyl groups is 2. The smallest absolute Gasteiger partial charge is 0.280 e. The van der Waals surface area contributed by atoms with Crippen LogP contribution in [0.15, 0.2) is 0 Å². The van der Waals surface area contributed by atoms with Crippen molar-refractivity contribution < 1.29 is 22.9 Å². The van der Waals surface area contributed by atoms with Gasteiger partial charge in [-0.3, -0.25) is 0 Å². The van der Waals surface area contributed by atoms with Crippen LogP contribution in [0.25, 0.3) is 0 Å². The molecule has 2 N–H and O–H groups in total. The molecule has 0 bridgehead atoms. The van der Waals surface area contributed by atoms with E-state index in [2.05, 4.69) is 4.28 Å². The van der Waals surface area contributed by atoms with Gasteiger partial charge in [0.2, 0.25) is 0 Å². The van der Waals surface area contributed by atoms with Gasteiger partial charge in [-0.2, -0.15) is 17.8 Å². The number of hydrogen-bond acceptors (Lipinski definition) is 6. The van der Waals surface area contributed by atoms with E-state index in [1.54, 1.807) is 0 Å². The van der Waals surface area contributed by atoms with Gasteiger partial charge in [-0.05, 0) is 0 Å². The molecule has 74 valence electrons. The van der Waals surface area contributed by atoms with Gasteiger partial charge in [0.1, 0.15) is 0 Å². The Morgan fingerprint density at radius 1 is 1.25 bits per heavy atom. The van der Waals surface area contributed by atoms with Gasteiger partial charge in [-0.15, -0.1) is 0 Å². The summed E-state index contributed by atoms with van der Waals surface area (Å²) < 4.78 is 25.5. The Morgan fingerprint density at radius 3 is 1.92 bits per heavy atom. The van der Waals surface area contributed by atoms with Crippen molar-refractivity contribution in [2.45, 2.75) is 0 Å². The number of aliphatic hydroxyl groups excluding tert-OH is 2. The van der Waals surface area contributed by atoms with Crippen LogP contribution in [0.1, 0.15) is 0 Å². The second-order valence-corrected chi connectivity index (χ2v) is 3.71. The molecule has 0 rings (SSSR count). The number of hydroxylamine groups is 2. The lowest BCUT2D eigenvalue weighted by atomic mass is 10.6. The molecule has 0 aromatic rings. The lowest BCUT2D eigenvalue weighted by Crippen LogP contribution is -2.32. The van der Waals surface area contributed by atoms with Crippen molar-refractivity contribution in [1.29, 1.82) is 0 Å². The van der Waals surface area contributed by atoms with E-state index in [1.165, 1.54) is 0 Å². The first-order valence-corrected chi connectivity index (χ1v) is 5.17. The molecular formula is C5H13NO5S. The first-order valence-electron chi connectivity index (χ1n) is 3.36. The summed E-state index contributed by atoms with van der Waals surface area (Å²) in [4.78, 5) is 0. The van der Waals surface area contributed by atoms with Crippen molar-refractivity contribution in [2.24, 2.45) is 0 Å². The molecule has 7 heteroatoms. The van der Waals surface area contributed by atoms with Crippen LogP contribution >= 0.6 is 0 Å². The van der Waals surface area contributed by atoms with E-state index in [0.29, 0.717) is 0 Å². The first kappa shape index (κ1) is 11.8. The fourth-order valence-corrected chi connectivity index (χ4v) is 1.13. The van der Waals surface area contributed by atoms with Crippen LogP contribution in [-0.2, 0) is 14.4 Å². The van der Waals surface area contributed by atoms with Crippen LogP contribution in [0.4, 0.5) is 0 Å². The maximum atomic E-state index is 10.6. The molecule has 0 saturated carbocycles. The summed E-state index contributed by atoms with van der Waals surface area (Å²) in [5.74, 6) is 0. The molecule has 0 aromatic carbocycles. The van der Waals surface area contributed by atoms with Crippen LogP contribution < -0.4 is 0 Å². The molecule has 0 atom stereocenters. The van der Waals surface area contributed by atoms with Gasteiger partial charge in [0.15, 0.2) is 0 Å². The Morgan fingerprint density at radius 2 is 1.67 bits per heavy atom. The van der Waals surface area contributed by atoms with Gasteiger partial charge in [-0.1, -0.05) is 0 Å². The molecule has 0 heterocycles. The average Bonchev–Trinajstić information content (AvgIpc) is 1.84. The number of rotatable bonds is 6. The molecule has 0 amide bonds. The highest BCUT2D eigenvalue weighted by Gasteiger charge is 2.10. The lowest BCUT2D eigenvalue weighted by molar-refractivity contribution is -0.0688. The molecule has 12 heavy (non-hydrogen) atoms. The van der Waals surface area contributed by atoms with E-state index in [1.807, 2.05) is 0 Å². The maximum absolute atomic E-state index is 10.6. The monoisotopic (exact) mass is 199 g/mol. The average molecular weight is 199 g/mol. The van der Waals surface area contributed by atoms with Crippen LogP contribution in [0.3, 0.4) is 0 Å². The summed E-state index contributed by atoms with van der Waals surface area (Å²) in [5, 5.41) is 17.9. The molecule has 0 saturated heterocycles. The van der Waals surface area contributed by atoms with Crippen molar-refractivity contribution >= 4 is 10.1 Å². The molecule has 0 aliphatic carbocycles. The quantitative estimate of drug-likeness (QED) is 0.489. The van der Waals surface area contributed by atoms with E-state index in [9.17, 15) is 8.42 Å². The molecule has 0 aliphatic rings. The summed E-state index contributed by atoms with van der Waals surface area (Å²) in [6.45, 7) is -0.355. The predicted molar refractivity (Wildman–Crippen MR) is 41.7 cm³/mol. The second kappa shape index (κ2) is 5.44.